The maximum atomic E-state index is 13.3. The van der Waals surface area contributed by atoms with Gasteiger partial charge in [0.2, 0.25) is 11.6 Å². The fourth-order valence-corrected chi connectivity index (χ4v) is 6.07. The second-order valence-corrected chi connectivity index (χ2v) is 10.2. The number of methoxy groups -OCH3 is 1. The van der Waals surface area contributed by atoms with E-state index in [4.69, 9.17) is 14.2 Å². The molecule has 1 aromatic rings. The number of rotatable bonds is 10. The first kappa shape index (κ1) is 23.6. The minimum Gasteiger partial charge on any atom is -0.490 e. The Bertz CT molecular complexity index is 863. The Morgan fingerprint density at radius 2 is 1.85 bits per heavy atom. The van der Waals surface area contributed by atoms with Crippen LogP contribution in [0.1, 0.15) is 63.2 Å². The van der Waals surface area contributed by atoms with E-state index >= 15 is 0 Å². The number of hydrogen-bond donors (Lipinski definition) is 1. The zero-order valence-electron chi connectivity index (χ0n) is 20.2. The van der Waals surface area contributed by atoms with Crippen LogP contribution in [-0.2, 0) is 20.8 Å². The van der Waals surface area contributed by atoms with Crippen molar-refractivity contribution in [3.05, 3.63) is 23.6 Å². The average molecular weight is 460 g/mol. The Labute approximate surface area is 196 Å². The number of ether oxygens (including phenoxy) is 3. The molecule has 4 aliphatic carbocycles. The molecule has 1 aromatic heterocycles. The lowest BCUT2D eigenvalue weighted by Crippen LogP contribution is -2.55. The van der Waals surface area contributed by atoms with Gasteiger partial charge >= 0.3 is 5.97 Å². The van der Waals surface area contributed by atoms with Crippen LogP contribution in [0.25, 0.3) is 0 Å². The molecule has 4 saturated carbocycles. The van der Waals surface area contributed by atoms with Gasteiger partial charge in [0.15, 0.2) is 0 Å². The second-order valence-electron chi connectivity index (χ2n) is 10.2. The second kappa shape index (κ2) is 10.2. The quantitative estimate of drug-likeness (QED) is 0.327. The van der Waals surface area contributed by atoms with Crippen LogP contribution in [0.3, 0.4) is 0 Å². The minimum absolute atomic E-state index is 0.0988. The number of carbonyl (C=O) groups excluding carboxylic acids is 2. The van der Waals surface area contributed by atoms with Crippen LogP contribution >= 0.6 is 0 Å². The Kier molecular flexibility index (Phi) is 7.29. The number of carbonyl (C=O) groups is 2. The lowest BCUT2D eigenvalue weighted by Gasteiger charge is -2.54. The van der Waals surface area contributed by atoms with Crippen LogP contribution < -0.4 is 10.1 Å². The molecule has 1 amide bonds. The third-order valence-electron chi connectivity index (χ3n) is 7.26. The average Bonchev–Trinajstić information content (AvgIpc) is 3.17. The molecule has 4 aliphatic rings. The van der Waals surface area contributed by atoms with E-state index in [0.29, 0.717) is 35.8 Å². The lowest BCUT2D eigenvalue weighted by atomic mass is 9.54. The van der Waals surface area contributed by atoms with Gasteiger partial charge in [-0.25, -0.2) is 9.48 Å². The first-order valence-electron chi connectivity index (χ1n) is 12.3. The van der Waals surface area contributed by atoms with E-state index in [1.807, 2.05) is 0 Å². The normalized spacial score (nSPS) is 28.2. The molecule has 0 saturated heterocycles. The molecule has 0 aromatic carbocycles. The number of hydrogen-bond acceptors (Lipinski definition) is 6. The highest BCUT2D eigenvalue weighted by atomic mass is 16.6. The van der Waals surface area contributed by atoms with Gasteiger partial charge in [-0.2, -0.15) is 5.10 Å². The van der Waals surface area contributed by atoms with Gasteiger partial charge < -0.3 is 19.5 Å². The number of nitrogens with one attached hydrogen (secondary N) is 1. The maximum Gasteiger partial charge on any atom is 0.373 e. The van der Waals surface area contributed by atoms with Gasteiger partial charge in [-0.15, -0.1) is 0 Å². The van der Waals surface area contributed by atoms with E-state index < -0.39 is 5.97 Å². The fourth-order valence-electron chi connectivity index (χ4n) is 6.07. The molecule has 0 aliphatic heterocycles. The number of allylic oxidation sites excluding steroid dienone is 1. The largest absolute Gasteiger partial charge is 0.490 e. The number of aromatic nitrogens is 2. The fraction of sp³-hybridized carbons (Fsp3) is 0.720. The standard InChI is InChI=1S/C25H37N3O5/c1-5-32-25(30)21(31-4)6-7-28-24(33-14-15(2)3)20(13-26-28)23(29)27-22-18-9-16-8-17(11-18)12-19(22)10-16/h6,13,15-19,22H,5,7-12,14H2,1-4H3,(H,27,29)/b21-6-. The smallest absolute Gasteiger partial charge is 0.373 e. The highest BCUT2D eigenvalue weighted by molar-refractivity contribution is 5.96. The summed E-state index contributed by atoms with van der Waals surface area (Å²) in [6, 6.07) is 0.246. The Hall–Kier alpha value is -2.51. The summed E-state index contributed by atoms with van der Waals surface area (Å²) in [5.74, 6) is 3.05. The van der Waals surface area contributed by atoms with Gasteiger partial charge in [0.1, 0.15) is 5.56 Å². The van der Waals surface area contributed by atoms with Gasteiger partial charge in [0.25, 0.3) is 5.91 Å². The van der Waals surface area contributed by atoms with Crippen molar-refractivity contribution in [1.29, 1.82) is 0 Å². The van der Waals surface area contributed by atoms with Crippen LogP contribution in [-0.4, -0.2) is 48.0 Å². The SMILES string of the molecule is CCOC(=O)/C(=C/Cn1ncc(C(=O)NC2C3CC4CC(C3)CC2C4)c1OCC(C)C)OC. The molecule has 1 heterocycles. The predicted molar refractivity (Wildman–Crippen MR) is 123 cm³/mol. The first-order chi connectivity index (χ1) is 15.9. The highest BCUT2D eigenvalue weighted by Crippen LogP contribution is 2.53. The van der Waals surface area contributed by atoms with Gasteiger partial charge in [0, 0.05) is 6.04 Å². The summed E-state index contributed by atoms with van der Waals surface area (Å²) in [6.45, 7) is 6.80. The molecular weight excluding hydrogens is 422 g/mol. The Morgan fingerprint density at radius 3 is 2.42 bits per heavy atom. The van der Waals surface area contributed by atoms with E-state index in [1.165, 1.54) is 39.2 Å². The summed E-state index contributed by atoms with van der Waals surface area (Å²) in [5, 5.41) is 7.73. The van der Waals surface area contributed by atoms with Crippen molar-refractivity contribution in [2.75, 3.05) is 20.3 Å². The van der Waals surface area contributed by atoms with Gasteiger partial charge in [-0.1, -0.05) is 13.8 Å². The molecule has 182 valence electrons. The van der Waals surface area contributed by atoms with Gasteiger partial charge in [-0.3, -0.25) is 4.79 Å². The lowest BCUT2D eigenvalue weighted by molar-refractivity contribution is -0.142. The van der Waals surface area contributed by atoms with E-state index in [1.54, 1.807) is 23.9 Å². The van der Waals surface area contributed by atoms with Crippen LogP contribution in [0.4, 0.5) is 0 Å². The zero-order chi connectivity index (χ0) is 23.5. The van der Waals surface area contributed by atoms with Crippen LogP contribution in [0.5, 0.6) is 5.88 Å². The molecular formula is C25H37N3O5. The first-order valence-corrected chi connectivity index (χ1v) is 12.3. The van der Waals surface area contributed by atoms with Crippen LogP contribution in [0, 0.1) is 29.6 Å². The van der Waals surface area contributed by atoms with Crippen molar-refractivity contribution in [3.8, 4) is 5.88 Å². The van der Waals surface area contributed by atoms with Crippen molar-refractivity contribution in [1.82, 2.24) is 15.1 Å². The van der Waals surface area contributed by atoms with Crippen molar-refractivity contribution in [2.24, 2.45) is 29.6 Å². The van der Waals surface area contributed by atoms with Gasteiger partial charge in [0.05, 0.1) is 33.1 Å². The summed E-state index contributed by atoms with van der Waals surface area (Å²) in [6.07, 6.45) is 9.51. The van der Waals surface area contributed by atoms with E-state index in [9.17, 15) is 9.59 Å². The van der Waals surface area contributed by atoms with E-state index in [-0.39, 0.29) is 30.9 Å². The topological polar surface area (TPSA) is 91.7 Å². The van der Waals surface area contributed by atoms with Crippen molar-refractivity contribution < 1.29 is 23.8 Å². The summed E-state index contributed by atoms with van der Waals surface area (Å²) in [7, 11) is 1.42. The number of nitrogens with zero attached hydrogens (tertiary/aromatic N) is 2. The molecule has 0 spiro atoms. The van der Waals surface area contributed by atoms with Gasteiger partial charge in [-0.05, 0) is 74.7 Å². The molecule has 4 bridgehead atoms. The van der Waals surface area contributed by atoms with E-state index in [0.717, 1.165) is 11.8 Å². The zero-order valence-corrected chi connectivity index (χ0v) is 20.2. The summed E-state index contributed by atoms with van der Waals surface area (Å²) in [4.78, 5) is 25.4. The summed E-state index contributed by atoms with van der Waals surface area (Å²) < 4.78 is 17.8. The molecule has 0 radical (unpaired) electrons. The molecule has 4 fully saturated rings. The van der Waals surface area contributed by atoms with E-state index in [2.05, 4.69) is 24.3 Å². The third-order valence-corrected chi connectivity index (χ3v) is 7.26. The molecule has 33 heavy (non-hydrogen) atoms. The summed E-state index contributed by atoms with van der Waals surface area (Å²) >= 11 is 0. The van der Waals surface area contributed by atoms with Crippen LogP contribution in [0.2, 0.25) is 0 Å². The molecule has 8 heteroatoms. The van der Waals surface area contributed by atoms with Crippen LogP contribution in [0.15, 0.2) is 18.0 Å². The highest BCUT2D eigenvalue weighted by Gasteiger charge is 2.48. The summed E-state index contributed by atoms with van der Waals surface area (Å²) in [5.41, 5.74) is 0.438. The number of esters is 1. The van der Waals surface area contributed by atoms with Crippen molar-refractivity contribution >= 4 is 11.9 Å². The predicted octanol–water partition coefficient (Wildman–Crippen LogP) is 3.57. The molecule has 0 atom stereocenters. The molecule has 5 rings (SSSR count). The Balaban J connectivity index is 1.50. The van der Waals surface area contributed by atoms with Crippen molar-refractivity contribution in [3.63, 3.8) is 0 Å². The molecule has 8 nitrogen and oxygen atoms in total. The molecule has 1 N–H and O–H groups in total. The third kappa shape index (κ3) is 5.20. The molecule has 0 unspecified atom stereocenters. The Morgan fingerprint density at radius 1 is 1.18 bits per heavy atom. The maximum absolute atomic E-state index is 13.3. The monoisotopic (exact) mass is 459 g/mol. The van der Waals surface area contributed by atoms with Crippen molar-refractivity contribution in [2.45, 2.75) is 65.5 Å². The minimum atomic E-state index is -0.531. The number of amides is 1.